The lowest BCUT2D eigenvalue weighted by molar-refractivity contribution is -0.131. The number of nitrogens with one attached hydrogen (secondary N) is 1. The van der Waals surface area contributed by atoms with Crippen molar-refractivity contribution in [3.05, 3.63) is 140 Å². The van der Waals surface area contributed by atoms with E-state index in [0.717, 1.165) is 10.1 Å². The van der Waals surface area contributed by atoms with Gasteiger partial charge in [-0.05, 0) is 67.4 Å². The van der Waals surface area contributed by atoms with E-state index in [9.17, 15) is 33.2 Å². The van der Waals surface area contributed by atoms with Gasteiger partial charge in [0, 0.05) is 18.7 Å². The fourth-order valence-corrected chi connectivity index (χ4v) is 7.16. The van der Waals surface area contributed by atoms with Gasteiger partial charge in [-0.15, -0.1) is 0 Å². The van der Waals surface area contributed by atoms with E-state index >= 15 is 0 Å². The monoisotopic (exact) mass is 773 g/mol. The lowest BCUT2D eigenvalue weighted by atomic mass is 10.1. The van der Waals surface area contributed by atoms with Gasteiger partial charge in [-0.25, -0.2) is 18.7 Å². The molecule has 0 spiro atoms. The number of benzene rings is 3. The fourth-order valence-electron chi connectivity index (χ4n) is 4.56. The molecule has 4 atom stereocenters. The van der Waals surface area contributed by atoms with Crippen molar-refractivity contribution in [1.29, 1.82) is 0 Å². The molecule has 3 aromatic carbocycles. The zero-order valence-electron chi connectivity index (χ0n) is 28.7. The number of phosphoric acid groups is 2. The van der Waals surface area contributed by atoms with E-state index < -0.39 is 71.0 Å². The minimum absolute atomic E-state index is 0. The maximum Gasteiger partial charge on any atom is 0.484 e. The van der Waals surface area contributed by atoms with Crippen molar-refractivity contribution < 1.29 is 55.7 Å². The van der Waals surface area contributed by atoms with Gasteiger partial charge >= 0.3 is 33.3 Å². The van der Waals surface area contributed by atoms with Crippen molar-refractivity contribution in [3.8, 4) is 11.5 Å². The number of rotatable bonds is 15. The first-order valence-electron chi connectivity index (χ1n) is 15.6. The summed E-state index contributed by atoms with van der Waals surface area (Å²) < 4.78 is 64.9. The molecular weight excluding hydrogens is 736 g/mol. The Balaban J connectivity index is 0.00000627. The largest absolute Gasteiger partial charge is 0.484 e. The summed E-state index contributed by atoms with van der Waals surface area (Å²) in [6.45, 7) is 3.22. The number of aromatic nitrogens is 2. The molecule has 2 heterocycles. The van der Waals surface area contributed by atoms with E-state index in [1.54, 1.807) is 24.3 Å². The maximum atomic E-state index is 13.8. The Bertz CT molecular complexity index is 2150. The summed E-state index contributed by atoms with van der Waals surface area (Å²) in [7, 11) is -10.0. The Morgan fingerprint density at radius 1 is 0.830 bits per heavy atom. The van der Waals surface area contributed by atoms with Crippen LogP contribution in [0.3, 0.4) is 0 Å². The number of hydrogen-bond donors (Lipinski definition) is 3. The quantitative estimate of drug-likeness (QED) is 0.0577. The molecule has 0 aliphatic carbocycles. The molecular formula is C34H37N3O14P2. The molecule has 19 heteroatoms. The number of nitrogens with zero attached hydrogens (tertiary/aromatic N) is 1. The van der Waals surface area contributed by atoms with Crippen LogP contribution in [-0.4, -0.2) is 39.1 Å². The second-order valence-electron chi connectivity index (χ2n) is 11.4. The first kappa shape index (κ1) is 41.0. The molecule has 0 fully saturated rings. The first-order chi connectivity index (χ1) is 24.7. The minimum Gasteiger partial charge on any atom is -0.427 e. The van der Waals surface area contributed by atoms with Crippen molar-refractivity contribution in [2.45, 2.75) is 46.3 Å². The molecule has 1 aliphatic rings. The van der Waals surface area contributed by atoms with E-state index in [-0.39, 0.29) is 23.2 Å². The first-order valence-corrected chi connectivity index (χ1v) is 18.5. The minimum atomic E-state index is -5.16. The number of esters is 2. The third-order valence-corrected chi connectivity index (χ3v) is 10.2. The summed E-state index contributed by atoms with van der Waals surface area (Å²) in [5, 5.41) is 0. The number of aryl methyl sites for hydroxylation is 2. The zero-order valence-corrected chi connectivity index (χ0v) is 30.5. The molecule has 53 heavy (non-hydrogen) atoms. The lowest BCUT2D eigenvalue weighted by Gasteiger charge is -2.22. The van der Waals surface area contributed by atoms with E-state index in [1.165, 1.54) is 80.7 Å². The average Bonchev–Trinajstić information content (AvgIpc) is 3.57. The molecule has 4 aromatic rings. The third kappa shape index (κ3) is 11.9. The molecule has 282 valence electrons. The molecule has 1 aliphatic heterocycles. The maximum absolute atomic E-state index is 13.8. The molecule has 2 unspecified atom stereocenters. The Morgan fingerprint density at radius 2 is 1.40 bits per heavy atom. The molecule has 0 saturated heterocycles. The smallest absolute Gasteiger partial charge is 0.427 e. The summed E-state index contributed by atoms with van der Waals surface area (Å²) in [6, 6.07) is 18.8. The van der Waals surface area contributed by atoms with Crippen molar-refractivity contribution in [1.82, 2.24) is 15.7 Å². The molecule has 5 rings (SSSR count). The molecule has 5 N–H and O–H groups in total. The highest BCUT2D eigenvalue weighted by atomic mass is 31.3. The number of H-pyrrole nitrogens is 1. The topological polar surface area (TPSA) is 243 Å². The SMILES string of the molecule is CC(=O)Oc1ccc(COP(=O)(OCc2ccc(OC(=O)c3ccc(C)cc3)cc2)OP(=O)(O)OC[C@@H]2C=C[C@H](n3cc(C)c(=O)[nH]c3=O)O2)cc1.N. The van der Waals surface area contributed by atoms with E-state index in [4.69, 9.17) is 32.1 Å². The lowest BCUT2D eigenvalue weighted by Crippen LogP contribution is -2.33. The summed E-state index contributed by atoms with van der Waals surface area (Å²) in [5.74, 6) is -0.620. The van der Waals surface area contributed by atoms with Gasteiger partial charge in [-0.1, -0.05) is 48.0 Å². The van der Waals surface area contributed by atoms with Crippen molar-refractivity contribution >= 4 is 27.6 Å². The molecule has 0 radical (unpaired) electrons. The van der Waals surface area contributed by atoms with Crippen molar-refractivity contribution in [3.63, 3.8) is 0 Å². The van der Waals surface area contributed by atoms with Gasteiger partial charge in [0.15, 0.2) is 6.23 Å². The molecule has 0 saturated carbocycles. The molecule has 0 bridgehead atoms. The van der Waals surface area contributed by atoms with E-state index in [0.29, 0.717) is 16.7 Å². The Morgan fingerprint density at radius 3 is 1.96 bits per heavy atom. The Labute approximate surface area is 302 Å². The number of hydrogen-bond acceptors (Lipinski definition) is 14. The van der Waals surface area contributed by atoms with Crippen LogP contribution in [0.25, 0.3) is 0 Å². The highest BCUT2D eigenvalue weighted by Gasteiger charge is 2.39. The predicted octanol–water partition coefficient (Wildman–Crippen LogP) is 5.59. The summed E-state index contributed by atoms with van der Waals surface area (Å²) in [6.07, 6.45) is 2.36. The second-order valence-corrected chi connectivity index (χ2v) is 14.7. The molecule has 1 aromatic heterocycles. The van der Waals surface area contributed by atoms with Crippen LogP contribution in [0.2, 0.25) is 0 Å². The van der Waals surface area contributed by atoms with Crippen LogP contribution in [-0.2, 0) is 49.8 Å². The van der Waals surface area contributed by atoms with Gasteiger partial charge in [-0.2, -0.15) is 4.31 Å². The summed E-state index contributed by atoms with van der Waals surface area (Å²) >= 11 is 0. The van der Waals surface area contributed by atoms with Gasteiger partial charge in [0.25, 0.3) is 5.56 Å². The Hall–Kier alpha value is -4.80. The van der Waals surface area contributed by atoms with Crippen molar-refractivity contribution in [2.24, 2.45) is 0 Å². The van der Waals surface area contributed by atoms with Gasteiger partial charge in [0.1, 0.15) is 17.6 Å². The highest BCUT2D eigenvalue weighted by Crippen LogP contribution is 2.64. The van der Waals surface area contributed by atoms with Gasteiger partial charge in [0.2, 0.25) is 0 Å². The van der Waals surface area contributed by atoms with Gasteiger partial charge in [-0.3, -0.25) is 32.7 Å². The van der Waals surface area contributed by atoms with Crippen molar-refractivity contribution in [2.75, 3.05) is 6.61 Å². The van der Waals surface area contributed by atoms with Crippen LogP contribution < -0.4 is 26.9 Å². The Kier molecular flexibility index (Phi) is 13.8. The fraction of sp³-hybridized carbons (Fsp3) is 0.235. The van der Waals surface area contributed by atoms with Crippen LogP contribution in [0.1, 0.15) is 45.8 Å². The normalized spacial score (nSPS) is 17.3. The van der Waals surface area contributed by atoms with Crippen LogP contribution in [0.4, 0.5) is 0 Å². The van der Waals surface area contributed by atoms with E-state index in [2.05, 4.69) is 4.98 Å². The van der Waals surface area contributed by atoms with Crippen LogP contribution in [0, 0.1) is 13.8 Å². The zero-order chi connectivity index (χ0) is 37.5. The third-order valence-electron chi connectivity index (χ3n) is 7.21. The summed E-state index contributed by atoms with van der Waals surface area (Å²) in [5.41, 5.74) is 1.16. The number of carbonyl (C=O) groups excluding carboxylic acids is 2. The number of carbonyl (C=O) groups is 2. The van der Waals surface area contributed by atoms with Crippen LogP contribution >= 0.6 is 15.6 Å². The van der Waals surface area contributed by atoms with Crippen LogP contribution in [0.5, 0.6) is 11.5 Å². The number of phosphoric ester groups is 2. The van der Waals surface area contributed by atoms with Crippen LogP contribution in [0.15, 0.2) is 101 Å². The van der Waals surface area contributed by atoms with E-state index in [1.807, 2.05) is 6.92 Å². The average molecular weight is 774 g/mol. The van der Waals surface area contributed by atoms with Gasteiger partial charge < -0.3 is 25.3 Å². The number of ether oxygens (including phenoxy) is 3. The predicted molar refractivity (Wildman–Crippen MR) is 189 cm³/mol. The van der Waals surface area contributed by atoms with Gasteiger partial charge in [0.05, 0.1) is 25.4 Å². The number of aromatic amines is 1. The second kappa shape index (κ2) is 17.8. The highest BCUT2D eigenvalue weighted by molar-refractivity contribution is 7.61. The molecule has 17 nitrogen and oxygen atoms in total. The summed E-state index contributed by atoms with van der Waals surface area (Å²) in [4.78, 5) is 60.4. The molecule has 0 amide bonds. The standard InChI is InChI=1S/C34H34N2O14P2.H3N/c1-22-4-10-27(11-5-22)33(39)49-29-14-8-26(9-15-29)20-46-52(43,45-19-25-6-12-28(13-7-25)47-24(3)37)50-51(41,42)44-21-30-16-17-31(48-30)36-18-23(2)32(38)35-34(36)40;/h4-18,30-31H,19-21H2,1-3H3,(H,41,42)(H,35,38,40);1H3/t30-,31+,52?;/m0./s1.